The fourth-order valence-electron chi connectivity index (χ4n) is 4.25. The lowest BCUT2D eigenvalue weighted by Gasteiger charge is -2.44. The number of aliphatic carboxylic acids is 1. The van der Waals surface area contributed by atoms with Crippen LogP contribution in [0.5, 0.6) is 0 Å². The summed E-state index contributed by atoms with van der Waals surface area (Å²) in [5, 5.41) is 8.36. The first-order valence-corrected chi connectivity index (χ1v) is 12.0. The Morgan fingerprint density at radius 3 is 2.44 bits per heavy atom. The third-order valence-corrected chi connectivity index (χ3v) is 6.30. The molecule has 186 valence electrons. The molecule has 1 aromatic carbocycles. The number of unbranched alkanes of at least 4 members (excludes halogenated alkanes) is 2. The number of hydrogen-bond donors (Lipinski definition) is 1. The summed E-state index contributed by atoms with van der Waals surface area (Å²) in [6, 6.07) is 2.68. The van der Waals surface area contributed by atoms with E-state index in [1.54, 1.807) is 13.8 Å². The average Bonchev–Trinajstić information content (AvgIpc) is 2.65. The predicted molar refractivity (Wildman–Crippen MR) is 118 cm³/mol. The Morgan fingerprint density at radius 2 is 1.85 bits per heavy atom. The molecule has 0 bridgehead atoms. The van der Waals surface area contributed by atoms with Crippen molar-refractivity contribution in [3.05, 3.63) is 45.8 Å². The summed E-state index contributed by atoms with van der Waals surface area (Å²) in [5.41, 5.74) is -3.08. The molecule has 3 rings (SSSR count). The van der Waals surface area contributed by atoms with Gasteiger partial charge in [0, 0.05) is 41.7 Å². The van der Waals surface area contributed by atoms with Gasteiger partial charge in [-0.05, 0) is 38.3 Å². The maximum Gasteiger partial charge on any atom is 0.417 e. The largest absolute Gasteiger partial charge is 0.748 e. The standard InChI is InChI=1S/C22H24F3NO7S/c1-21(2)11-13(12-34(30,31)32)14-8-15-16(22(23,24)25)9-20(29)33-18(15)10-17(14)26(21)7-5-3-4-6-19(27)28/h8-11H,3-7,12H2,1-2H3,(H,27,28)(H,30,31,32)/p-1. The monoisotopic (exact) mass is 502 g/mol. The highest BCUT2D eigenvalue weighted by Crippen LogP contribution is 2.44. The summed E-state index contributed by atoms with van der Waals surface area (Å²) >= 11 is 0. The van der Waals surface area contributed by atoms with Gasteiger partial charge in [0.1, 0.15) is 5.58 Å². The van der Waals surface area contributed by atoms with E-state index in [0.29, 0.717) is 37.6 Å². The van der Waals surface area contributed by atoms with Crippen molar-refractivity contribution in [3.63, 3.8) is 0 Å². The number of benzene rings is 1. The molecule has 1 aliphatic rings. The maximum absolute atomic E-state index is 13.6. The lowest BCUT2D eigenvalue weighted by atomic mass is 9.87. The lowest BCUT2D eigenvalue weighted by molar-refractivity contribution is -0.137. The number of carbonyl (C=O) groups is 1. The quantitative estimate of drug-likeness (QED) is 0.326. The van der Waals surface area contributed by atoms with Crippen molar-refractivity contribution in [2.75, 3.05) is 17.2 Å². The van der Waals surface area contributed by atoms with Crippen LogP contribution in [0.4, 0.5) is 18.9 Å². The van der Waals surface area contributed by atoms with Gasteiger partial charge in [-0.25, -0.2) is 13.2 Å². The second kappa shape index (κ2) is 9.06. The number of anilines is 1. The number of fused-ring (bicyclic) bond motifs is 2. The number of hydrogen-bond acceptors (Lipinski definition) is 7. The highest BCUT2D eigenvalue weighted by molar-refractivity contribution is 7.86. The number of rotatable bonds is 8. The summed E-state index contributed by atoms with van der Waals surface area (Å²) in [6.45, 7) is 3.86. The molecule has 8 nitrogen and oxygen atoms in total. The molecule has 0 spiro atoms. The van der Waals surface area contributed by atoms with Gasteiger partial charge in [0.15, 0.2) is 0 Å². The van der Waals surface area contributed by atoms with E-state index in [1.165, 1.54) is 12.1 Å². The molecule has 12 heteroatoms. The normalized spacial score (nSPS) is 15.8. The first-order valence-electron chi connectivity index (χ1n) is 10.4. The minimum atomic E-state index is -4.87. The van der Waals surface area contributed by atoms with Crippen molar-refractivity contribution in [1.82, 2.24) is 0 Å². The molecule has 0 aliphatic carbocycles. The zero-order chi connectivity index (χ0) is 25.5. The summed E-state index contributed by atoms with van der Waals surface area (Å²) in [5.74, 6) is -1.84. The maximum atomic E-state index is 13.6. The van der Waals surface area contributed by atoms with Crippen LogP contribution < -0.4 is 10.5 Å². The van der Waals surface area contributed by atoms with Gasteiger partial charge in [-0.1, -0.05) is 12.5 Å². The van der Waals surface area contributed by atoms with E-state index < -0.39 is 50.1 Å². The van der Waals surface area contributed by atoms with Crippen LogP contribution in [0.1, 0.15) is 50.7 Å². The van der Waals surface area contributed by atoms with E-state index in [0.717, 1.165) is 6.07 Å². The van der Waals surface area contributed by atoms with Crippen LogP contribution in [-0.2, 0) is 21.1 Å². The van der Waals surface area contributed by atoms with E-state index in [2.05, 4.69) is 0 Å². The van der Waals surface area contributed by atoms with Crippen LogP contribution in [0.3, 0.4) is 0 Å². The average molecular weight is 502 g/mol. The van der Waals surface area contributed by atoms with Crippen LogP contribution in [0.15, 0.2) is 33.5 Å². The Balaban J connectivity index is 2.16. The van der Waals surface area contributed by atoms with E-state index in [-0.39, 0.29) is 23.1 Å². The Labute approximate surface area is 193 Å². The molecule has 1 aliphatic heterocycles. The molecule has 0 saturated heterocycles. The molecule has 0 fully saturated rings. The first kappa shape index (κ1) is 25.8. The number of alkyl halides is 3. The van der Waals surface area contributed by atoms with E-state index >= 15 is 0 Å². The molecular weight excluding hydrogens is 479 g/mol. The fraction of sp³-hybridized carbons (Fsp3) is 0.455. The van der Waals surface area contributed by atoms with Gasteiger partial charge in [-0.15, -0.1) is 0 Å². The third-order valence-electron chi connectivity index (χ3n) is 5.63. The predicted octanol–water partition coefficient (Wildman–Crippen LogP) is 3.98. The van der Waals surface area contributed by atoms with Crippen molar-refractivity contribution in [1.29, 1.82) is 0 Å². The molecule has 2 heterocycles. The smallest absolute Gasteiger partial charge is 0.417 e. The summed E-state index contributed by atoms with van der Waals surface area (Å²) in [6.07, 6.45) is -1.78. The van der Waals surface area contributed by atoms with Gasteiger partial charge in [-0.3, -0.25) is 4.79 Å². The molecule has 1 N–H and O–H groups in total. The second-order valence-corrected chi connectivity index (χ2v) is 10.1. The van der Waals surface area contributed by atoms with Crippen LogP contribution >= 0.6 is 0 Å². The first-order chi connectivity index (χ1) is 15.6. The molecule has 2 aromatic rings. The summed E-state index contributed by atoms with van der Waals surface area (Å²) in [7, 11) is -4.75. The van der Waals surface area contributed by atoms with Crippen LogP contribution in [0, 0.1) is 0 Å². The summed E-state index contributed by atoms with van der Waals surface area (Å²) in [4.78, 5) is 24.4. The minimum absolute atomic E-state index is 0.00139. The highest BCUT2D eigenvalue weighted by Gasteiger charge is 2.37. The van der Waals surface area contributed by atoms with Gasteiger partial charge in [0.25, 0.3) is 0 Å². The second-order valence-electron chi connectivity index (χ2n) is 8.72. The van der Waals surface area contributed by atoms with Crippen LogP contribution in [-0.4, -0.2) is 41.9 Å². The number of carboxylic acid groups (broad SMARTS) is 1. The number of halogens is 3. The summed E-state index contributed by atoms with van der Waals surface area (Å²) < 4.78 is 80.5. The molecule has 0 radical (unpaired) electrons. The molecule has 34 heavy (non-hydrogen) atoms. The zero-order valence-electron chi connectivity index (χ0n) is 18.4. The molecule has 0 saturated carbocycles. The van der Waals surface area contributed by atoms with E-state index in [9.17, 15) is 35.7 Å². The molecular formula is C22H23F3NO7S-. The van der Waals surface area contributed by atoms with Gasteiger partial charge in [-0.2, -0.15) is 13.2 Å². The molecule has 1 aromatic heterocycles. The van der Waals surface area contributed by atoms with Gasteiger partial charge in [0.2, 0.25) is 0 Å². The van der Waals surface area contributed by atoms with E-state index in [1.807, 2.05) is 4.90 Å². The third kappa shape index (κ3) is 5.79. The fourth-order valence-corrected chi connectivity index (χ4v) is 4.87. The van der Waals surface area contributed by atoms with Crippen molar-refractivity contribution in [2.45, 2.75) is 51.2 Å². The highest BCUT2D eigenvalue weighted by atomic mass is 32.2. The van der Waals surface area contributed by atoms with Gasteiger partial charge >= 0.3 is 17.8 Å². The lowest BCUT2D eigenvalue weighted by Crippen LogP contribution is -2.46. The van der Waals surface area contributed by atoms with Crippen molar-refractivity contribution >= 4 is 38.3 Å². The molecule has 0 amide bonds. The minimum Gasteiger partial charge on any atom is -0.748 e. The number of carboxylic acids is 1. The SMILES string of the molecule is CC1(C)C=C(CS(=O)(=O)[O-])c2cc3c(C(F)(F)F)cc(=O)oc3cc2N1CCCCCC(=O)O. The van der Waals surface area contributed by atoms with E-state index in [4.69, 9.17) is 9.52 Å². The Bertz CT molecular complexity index is 1310. The van der Waals surface area contributed by atoms with Gasteiger partial charge < -0.3 is 19.0 Å². The Morgan fingerprint density at radius 1 is 1.18 bits per heavy atom. The van der Waals surface area contributed by atoms with Crippen molar-refractivity contribution < 1.29 is 40.5 Å². The van der Waals surface area contributed by atoms with Crippen LogP contribution in [0.2, 0.25) is 0 Å². The van der Waals surface area contributed by atoms with Crippen molar-refractivity contribution in [2.24, 2.45) is 0 Å². The Kier molecular flexibility index (Phi) is 6.87. The van der Waals surface area contributed by atoms with Crippen LogP contribution in [0.25, 0.3) is 16.5 Å². The topological polar surface area (TPSA) is 128 Å². The van der Waals surface area contributed by atoms with Gasteiger partial charge in [0.05, 0.1) is 27.0 Å². The molecule has 0 unspecified atom stereocenters. The zero-order valence-corrected chi connectivity index (χ0v) is 19.3. The Hall–Kier alpha value is -2.86. The number of nitrogens with zero attached hydrogens (tertiary/aromatic N) is 1. The molecule has 0 atom stereocenters. The van der Waals surface area contributed by atoms with Crippen molar-refractivity contribution in [3.8, 4) is 0 Å².